The van der Waals surface area contributed by atoms with E-state index in [9.17, 15) is 18.0 Å². The van der Waals surface area contributed by atoms with Gasteiger partial charge >= 0.3 is 6.18 Å². The van der Waals surface area contributed by atoms with Gasteiger partial charge in [-0.1, -0.05) is 30.3 Å². The number of nitrogens with one attached hydrogen (secondary N) is 2. The molecule has 158 valence electrons. The molecule has 30 heavy (non-hydrogen) atoms. The molecular formula is C20H21F3N6O. The average molecular weight is 418 g/mol. The van der Waals surface area contributed by atoms with E-state index in [4.69, 9.17) is 0 Å². The second-order valence-corrected chi connectivity index (χ2v) is 7.17. The van der Waals surface area contributed by atoms with Crippen molar-refractivity contribution in [2.45, 2.75) is 37.6 Å². The molecule has 3 aromatic rings. The molecule has 1 aliphatic heterocycles. The number of amides is 1. The molecule has 0 aliphatic carbocycles. The van der Waals surface area contributed by atoms with Crippen LogP contribution >= 0.6 is 0 Å². The Bertz CT molecular complexity index is 984. The van der Waals surface area contributed by atoms with E-state index in [1.807, 2.05) is 16.8 Å². The SMILES string of the molecule is O=C(NCCCn1ccnc1)c1cc2n(n1)[C@@H](C(F)(F)F)C[C@@H](c1ccccc1)N2. The number of imidazole rings is 1. The number of benzene rings is 1. The van der Waals surface area contributed by atoms with Crippen molar-refractivity contribution in [3.8, 4) is 0 Å². The fourth-order valence-electron chi connectivity index (χ4n) is 3.56. The molecule has 0 bridgehead atoms. The second-order valence-electron chi connectivity index (χ2n) is 7.17. The van der Waals surface area contributed by atoms with E-state index in [0.717, 1.165) is 10.2 Å². The molecule has 2 atom stereocenters. The summed E-state index contributed by atoms with van der Waals surface area (Å²) in [6.07, 6.45) is 1.15. The Labute approximate surface area is 170 Å². The van der Waals surface area contributed by atoms with Crippen molar-refractivity contribution in [3.63, 3.8) is 0 Å². The number of anilines is 1. The lowest BCUT2D eigenvalue weighted by atomic mass is 9.97. The van der Waals surface area contributed by atoms with Gasteiger partial charge in [0.25, 0.3) is 5.91 Å². The third-order valence-corrected chi connectivity index (χ3v) is 5.06. The van der Waals surface area contributed by atoms with Crippen LogP contribution in [0.4, 0.5) is 19.0 Å². The number of carbonyl (C=O) groups excluding carboxylic acids is 1. The number of hydrogen-bond acceptors (Lipinski definition) is 4. The fourth-order valence-corrected chi connectivity index (χ4v) is 3.56. The molecule has 10 heteroatoms. The monoisotopic (exact) mass is 418 g/mol. The molecule has 1 amide bonds. The molecule has 0 saturated heterocycles. The number of hydrogen-bond donors (Lipinski definition) is 2. The Morgan fingerprint density at radius 1 is 1.27 bits per heavy atom. The highest BCUT2D eigenvalue weighted by atomic mass is 19.4. The van der Waals surface area contributed by atoms with Crippen LogP contribution < -0.4 is 10.6 Å². The maximum absolute atomic E-state index is 13.7. The van der Waals surface area contributed by atoms with Crippen molar-refractivity contribution in [3.05, 3.63) is 66.4 Å². The second kappa shape index (κ2) is 8.21. The van der Waals surface area contributed by atoms with Gasteiger partial charge in [-0.15, -0.1) is 0 Å². The number of aryl methyl sites for hydroxylation is 1. The molecule has 1 aliphatic rings. The van der Waals surface area contributed by atoms with Crippen LogP contribution in [0.1, 0.15) is 41.0 Å². The van der Waals surface area contributed by atoms with Gasteiger partial charge in [0.15, 0.2) is 11.7 Å². The number of rotatable bonds is 6. The van der Waals surface area contributed by atoms with Crippen molar-refractivity contribution < 1.29 is 18.0 Å². The number of aromatic nitrogens is 4. The van der Waals surface area contributed by atoms with Crippen molar-refractivity contribution >= 4 is 11.7 Å². The minimum Gasteiger partial charge on any atom is -0.363 e. The van der Waals surface area contributed by atoms with Crippen molar-refractivity contribution in [2.75, 3.05) is 11.9 Å². The third kappa shape index (κ3) is 4.32. The van der Waals surface area contributed by atoms with Gasteiger partial charge in [-0.25, -0.2) is 9.67 Å². The van der Waals surface area contributed by atoms with Gasteiger partial charge in [-0.2, -0.15) is 18.3 Å². The Hall–Kier alpha value is -3.30. The van der Waals surface area contributed by atoms with Gasteiger partial charge < -0.3 is 15.2 Å². The van der Waals surface area contributed by atoms with E-state index in [2.05, 4.69) is 20.7 Å². The Morgan fingerprint density at radius 3 is 2.77 bits per heavy atom. The first-order valence-corrected chi connectivity index (χ1v) is 9.63. The molecule has 3 heterocycles. The summed E-state index contributed by atoms with van der Waals surface area (Å²) < 4.78 is 43.9. The standard InChI is InChI=1S/C20H21F3N6O/c21-20(22,23)17-11-15(14-5-2-1-3-6-14)26-18-12-16(27-29(17)18)19(30)25-7-4-9-28-10-8-24-13-28/h1-3,5-6,8,10,12-13,15,17,26H,4,7,9,11H2,(H,25,30)/t15-,17+/m0/s1. The molecule has 2 N–H and O–H groups in total. The highest BCUT2D eigenvalue weighted by molar-refractivity contribution is 5.93. The van der Waals surface area contributed by atoms with Crippen LogP contribution in [0.25, 0.3) is 0 Å². The van der Waals surface area contributed by atoms with Crippen LogP contribution in [0.2, 0.25) is 0 Å². The summed E-state index contributed by atoms with van der Waals surface area (Å²) in [5, 5.41) is 9.76. The van der Waals surface area contributed by atoms with Crippen molar-refractivity contribution in [1.82, 2.24) is 24.6 Å². The Morgan fingerprint density at radius 2 is 2.07 bits per heavy atom. The molecule has 1 aromatic carbocycles. The maximum Gasteiger partial charge on any atom is 0.410 e. The third-order valence-electron chi connectivity index (χ3n) is 5.06. The summed E-state index contributed by atoms with van der Waals surface area (Å²) >= 11 is 0. The summed E-state index contributed by atoms with van der Waals surface area (Å²) in [5.41, 5.74) is 0.716. The molecule has 0 fully saturated rings. The zero-order valence-corrected chi connectivity index (χ0v) is 16.0. The van der Waals surface area contributed by atoms with Crippen LogP contribution in [0.5, 0.6) is 0 Å². The van der Waals surface area contributed by atoms with Gasteiger partial charge in [0.05, 0.1) is 12.4 Å². The van der Waals surface area contributed by atoms with E-state index < -0.39 is 24.2 Å². The van der Waals surface area contributed by atoms with Gasteiger partial charge in [-0.3, -0.25) is 4.79 Å². The lowest BCUT2D eigenvalue weighted by molar-refractivity contribution is -0.173. The first-order chi connectivity index (χ1) is 14.4. The normalized spacial score (nSPS) is 18.5. The van der Waals surface area contributed by atoms with Gasteiger partial charge in [-0.05, 0) is 12.0 Å². The summed E-state index contributed by atoms with van der Waals surface area (Å²) in [6.45, 7) is 1.05. The van der Waals surface area contributed by atoms with E-state index >= 15 is 0 Å². The quantitative estimate of drug-likeness (QED) is 0.600. The summed E-state index contributed by atoms with van der Waals surface area (Å²) in [5.74, 6) is -0.317. The average Bonchev–Trinajstić information content (AvgIpc) is 3.39. The first kappa shape index (κ1) is 20.0. The molecular weight excluding hydrogens is 397 g/mol. The van der Waals surface area contributed by atoms with Crippen LogP contribution in [0.15, 0.2) is 55.1 Å². The number of fused-ring (bicyclic) bond motifs is 1. The van der Waals surface area contributed by atoms with Crippen LogP contribution in [-0.4, -0.2) is 38.0 Å². The molecule has 0 radical (unpaired) electrons. The van der Waals surface area contributed by atoms with E-state index in [0.29, 0.717) is 19.5 Å². The van der Waals surface area contributed by atoms with Gasteiger partial charge in [0.2, 0.25) is 0 Å². The molecule has 0 saturated carbocycles. The topological polar surface area (TPSA) is 76.8 Å². The van der Waals surface area contributed by atoms with E-state index in [1.54, 1.807) is 36.8 Å². The lowest BCUT2D eigenvalue weighted by Gasteiger charge is -2.33. The Balaban J connectivity index is 1.47. The minimum atomic E-state index is -4.48. The highest BCUT2D eigenvalue weighted by Crippen LogP contribution is 2.43. The van der Waals surface area contributed by atoms with Gasteiger partial charge in [0.1, 0.15) is 5.82 Å². The van der Waals surface area contributed by atoms with E-state index in [-0.39, 0.29) is 17.9 Å². The molecule has 0 unspecified atom stereocenters. The fraction of sp³-hybridized carbons (Fsp3) is 0.350. The largest absolute Gasteiger partial charge is 0.410 e. The lowest BCUT2D eigenvalue weighted by Crippen LogP contribution is -2.35. The summed E-state index contributed by atoms with van der Waals surface area (Å²) in [4.78, 5) is 16.4. The predicted octanol–water partition coefficient (Wildman–Crippen LogP) is 3.56. The Kier molecular flexibility index (Phi) is 5.47. The predicted molar refractivity (Wildman–Crippen MR) is 104 cm³/mol. The molecule has 7 nitrogen and oxygen atoms in total. The zero-order chi connectivity index (χ0) is 21.1. The van der Waals surface area contributed by atoms with E-state index in [1.165, 1.54) is 6.07 Å². The summed E-state index contributed by atoms with van der Waals surface area (Å²) in [6, 6.07) is 8.00. The molecule has 4 rings (SSSR count). The summed E-state index contributed by atoms with van der Waals surface area (Å²) in [7, 11) is 0. The zero-order valence-electron chi connectivity index (χ0n) is 16.0. The first-order valence-electron chi connectivity index (χ1n) is 9.63. The van der Waals surface area contributed by atoms with Crippen LogP contribution in [-0.2, 0) is 6.54 Å². The number of halogens is 3. The number of alkyl halides is 3. The van der Waals surface area contributed by atoms with Crippen molar-refractivity contribution in [1.29, 1.82) is 0 Å². The number of carbonyl (C=O) groups is 1. The molecule has 0 spiro atoms. The van der Waals surface area contributed by atoms with Crippen LogP contribution in [0, 0.1) is 0 Å². The van der Waals surface area contributed by atoms with Gasteiger partial charge in [0, 0.05) is 38.0 Å². The minimum absolute atomic E-state index is 0.0388. The molecule has 2 aromatic heterocycles. The number of nitrogens with zero attached hydrogens (tertiary/aromatic N) is 4. The highest BCUT2D eigenvalue weighted by Gasteiger charge is 2.46. The van der Waals surface area contributed by atoms with Crippen LogP contribution in [0.3, 0.4) is 0 Å². The maximum atomic E-state index is 13.7. The smallest absolute Gasteiger partial charge is 0.363 e. The van der Waals surface area contributed by atoms with Crippen molar-refractivity contribution in [2.24, 2.45) is 0 Å².